The zero-order chi connectivity index (χ0) is 14.7. The monoisotopic (exact) mass is 280 g/mol. The van der Waals surface area contributed by atoms with Gasteiger partial charge in [0.15, 0.2) is 0 Å². The van der Waals surface area contributed by atoms with Crippen LogP contribution >= 0.6 is 0 Å². The van der Waals surface area contributed by atoms with Crippen LogP contribution in [0.1, 0.15) is 0 Å². The van der Waals surface area contributed by atoms with E-state index in [1.807, 2.05) is 42.5 Å². The first kappa shape index (κ1) is 12.8. The van der Waals surface area contributed by atoms with Crippen LogP contribution in [0.15, 0.2) is 48.5 Å². The van der Waals surface area contributed by atoms with Crippen LogP contribution in [0.5, 0.6) is 0 Å². The van der Waals surface area contributed by atoms with Crippen LogP contribution < -0.4 is 11.1 Å². The number of carbonyl (C=O) groups is 1. The fourth-order valence-corrected chi connectivity index (χ4v) is 2.16. The molecule has 7 nitrogen and oxygen atoms in total. The summed E-state index contributed by atoms with van der Waals surface area (Å²) in [4.78, 5) is 11.2. The predicted molar refractivity (Wildman–Crippen MR) is 78.3 cm³/mol. The Kier molecular flexibility index (Phi) is 3.30. The van der Waals surface area contributed by atoms with E-state index in [2.05, 4.69) is 25.9 Å². The zero-order valence-corrected chi connectivity index (χ0v) is 10.9. The Hall–Kier alpha value is -3.22. The number of primary amides is 1. The number of anilines is 1. The van der Waals surface area contributed by atoms with Crippen molar-refractivity contribution in [3.63, 3.8) is 0 Å². The number of nitrogens with one attached hydrogen (secondary N) is 2. The average Bonchev–Trinajstić information content (AvgIpc) is 3.01. The Morgan fingerprint density at radius 2 is 1.90 bits per heavy atom. The highest BCUT2D eigenvalue weighted by molar-refractivity contribution is 5.97. The third-order valence-corrected chi connectivity index (χ3v) is 2.98. The minimum Gasteiger partial charge on any atom is -0.351 e. The summed E-state index contributed by atoms with van der Waals surface area (Å²) in [7, 11) is 0. The lowest BCUT2D eigenvalue weighted by molar-refractivity contribution is 0.259. The Balaban J connectivity index is 2.22. The molecule has 0 unspecified atom stereocenters. The number of benzene rings is 2. The van der Waals surface area contributed by atoms with Crippen LogP contribution in [0, 0.1) is 0 Å². The lowest BCUT2D eigenvalue weighted by Crippen LogP contribution is -2.20. The smallest absolute Gasteiger partial charge is 0.316 e. The number of H-pyrrole nitrogens is 1. The van der Waals surface area contributed by atoms with E-state index in [0.717, 1.165) is 11.1 Å². The Morgan fingerprint density at radius 1 is 1.10 bits per heavy atom. The summed E-state index contributed by atoms with van der Waals surface area (Å²) < 4.78 is 0. The highest BCUT2D eigenvalue weighted by Gasteiger charge is 2.16. The third kappa shape index (κ3) is 2.57. The lowest BCUT2D eigenvalue weighted by atomic mass is 9.97. The van der Waals surface area contributed by atoms with Gasteiger partial charge in [-0.05, 0) is 22.4 Å². The molecule has 0 fully saturated rings. The van der Waals surface area contributed by atoms with Gasteiger partial charge in [0, 0.05) is 0 Å². The van der Waals surface area contributed by atoms with E-state index in [9.17, 15) is 4.79 Å². The van der Waals surface area contributed by atoms with Gasteiger partial charge in [-0.1, -0.05) is 42.5 Å². The highest BCUT2D eigenvalue weighted by Crippen LogP contribution is 2.35. The molecule has 0 saturated carbocycles. The molecular formula is C14H12N6O. The quantitative estimate of drug-likeness (QED) is 0.681. The SMILES string of the molecule is NC(=O)Nc1cccc(-c2ccccc2)c1-c1nn[nH]n1. The van der Waals surface area contributed by atoms with Gasteiger partial charge >= 0.3 is 6.03 Å². The van der Waals surface area contributed by atoms with E-state index in [0.29, 0.717) is 17.1 Å². The van der Waals surface area contributed by atoms with Crippen molar-refractivity contribution < 1.29 is 4.79 Å². The maximum Gasteiger partial charge on any atom is 0.316 e. The van der Waals surface area contributed by atoms with Gasteiger partial charge < -0.3 is 11.1 Å². The third-order valence-electron chi connectivity index (χ3n) is 2.98. The highest BCUT2D eigenvalue weighted by atomic mass is 16.2. The molecule has 104 valence electrons. The van der Waals surface area contributed by atoms with Crippen LogP contribution in [0.2, 0.25) is 0 Å². The molecule has 0 bridgehead atoms. The average molecular weight is 280 g/mol. The van der Waals surface area contributed by atoms with E-state index in [1.54, 1.807) is 6.07 Å². The number of aromatic nitrogens is 4. The maximum absolute atomic E-state index is 11.2. The van der Waals surface area contributed by atoms with Gasteiger partial charge in [-0.3, -0.25) is 0 Å². The lowest BCUT2D eigenvalue weighted by Gasteiger charge is -2.12. The van der Waals surface area contributed by atoms with Gasteiger partial charge in [-0.15, -0.1) is 10.2 Å². The molecule has 2 amide bonds. The van der Waals surface area contributed by atoms with Crippen molar-refractivity contribution in [1.82, 2.24) is 20.6 Å². The summed E-state index contributed by atoms with van der Waals surface area (Å²) >= 11 is 0. The van der Waals surface area contributed by atoms with Crippen LogP contribution in [0.4, 0.5) is 10.5 Å². The van der Waals surface area contributed by atoms with Gasteiger partial charge in [0.2, 0.25) is 5.82 Å². The first-order valence-corrected chi connectivity index (χ1v) is 6.24. The minimum absolute atomic E-state index is 0.387. The van der Waals surface area contributed by atoms with E-state index in [4.69, 9.17) is 5.73 Å². The van der Waals surface area contributed by atoms with Crippen molar-refractivity contribution in [3.05, 3.63) is 48.5 Å². The second-order valence-electron chi connectivity index (χ2n) is 4.32. The Labute approximate surface area is 120 Å². The topological polar surface area (TPSA) is 110 Å². The molecule has 0 radical (unpaired) electrons. The number of tetrazole rings is 1. The predicted octanol–water partition coefficient (Wildman–Crippen LogP) is 2.02. The molecular weight excluding hydrogens is 268 g/mol. The van der Waals surface area contributed by atoms with Crippen LogP contribution in [0.3, 0.4) is 0 Å². The van der Waals surface area contributed by atoms with Gasteiger partial charge in [-0.25, -0.2) is 4.79 Å². The summed E-state index contributed by atoms with van der Waals surface area (Å²) in [5, 5.41) is 16.6. The number of hydrogen-bond acceptors (Lipinski definition) is 4. The summed E-state index contributed by atoms with van der Waals surface area (Å²) in [6.07, 6.45) is 0. The first-order valence-electron chi connectivity index (χ1n) is 6.24. The van der Waals surface area contributed by atoms with Crippen LogP contribution in [-0.2, 0) is 0 Å². The Bertz CT molecular complexity index is 754. The van der Waals surface area contributed by atoms with Crippen LogP contribution in [-0.4, -0.2) is 26.7 Å². The summed E-state index contributed by atoms with van der Waals surface area (Å²) in [5.74, 6) is 0.387. The molecule has 0 aliphatic rings. The second kappa shape index (κ2) is 5.41. The van der Waals surface area contributed by atoms with E-state index < -0.39 is 6.03 Å². The summed E-state index contributed by atoms with van der Waals surface area (Å²) in [6, 6.07) is 14.6. The molecule has 1 aromatic heterocycles. The number of carbonyl (C=O) groups excluding carboxylic acids is 1. The summed E-state index contributed by atoms with van der Waals surface area (Å²) in [6.45, 7) is 0. The number of rotatable bonds is 3. The number of urea groups is 1. The minimum atomic E-state index is -0.648. The van der Waals surface area contributed by atoms with Crippen molar-refractivity contribution in [2.24, 2.45) is 5.73 Å². The van der Waals surface area contributed by atoms with Crippen LogP contribution in [0.25, 0.3) is 22.5 Å². The van der Waals surface area contributed by atoms with E-state index in [1.165, 1.54) is 0 Å². The molecule has 3 aromatic rings. The fourth-order valence-electron chi connectivity index (χ4n) is 2.16. The molecule has 2 aromatic carbocycles. The first-order chi connectivity index (χ1) is 10.3. The van der Waals surface area contributed by atoms with Crippen molar-refractivity contribution >= 4 is 11.7 Å². The molecule has 0 spiro atoms. The largest absolute Gasteiger partial charge is 0.351 e. The molecule has 7 heteroatoms. The molecule has 0 saturated heterocycles. The number of hydrogen-bond donors (Lipinski definition) is 3. The summed E-state index contributed by atoms with van der Waals surface area (Å²) in [5.41, 5.74) is 8.27. The van der Waals surface area contributed by atoms with E-state index in [-0.39, 0.29) is 0 Å². The van der Waals surface area contributed by atoms with Crippen molar-refractivity contribution in [2.45, 2.75) is 0 Å². The van der Waals surface area contributed by atoms with Gasteiger partial charge in [0.05, 0.1) is 11.3 Å². The van der Waals surface area contributed by atoms with Gasteiger partial charge in [0.25, 0.3) is 0 Å². The normalized spacial score (nSPS) is 10.3. The zero-order valence-electron chi connectivity index (χ0n) is 10.9. The molecule has 0 aliphatic heterocycles. The number of amides is 2. The van der Waals surface area contributed by atoms with Crippen molar-refractivity contribution in [1.29, 1.82) is 0 Å². The van der Waals surface area contributed by atoms with E-state index >= 15 is 0 Å². The standard InChI is InChI=1S/C14H12N6O/c15-14(21)16-11-8-4-7-10(9-5-2-1-3-6-9)12(11)13-17-19-20-18-13/h1-8H,(H3,15,16,21)(H,17,18,19,20). The Morgan fingerprint density at radius 3 is 2.57 bits per heavy atom. The molecule has 1 heterocycles. The molecule has 0 atom stereocenters. The molecule has 3 rings (SSSR count). The van der Waals surface area contributed by atoms with Crippen molar-refractivity contribution in [3.8, 4) is 22.5 Å². The molecule has 4 N–H and O–H groups in total. The number of nitrogens with zero attached hydrogens (tertiary/aromatic N) is 3. The fraction of sp³-hybridized carbons (Fsp3) is 0. The maximum atomic E-state index is 11.2. The second-order valence-corrected chi connectivity index (χ2v) is 4.32. The van der Waals surface area contributed by atoms with Gasteiger partial charge in [0.1, 0.15) is 0 Å². The van der Waals surface area contributed by atoms with Crippen molar-refractivity contribution in [2.75, 3.05) is 5.32 Å². The number of nitrogens with two attached hydrogens (primary N) is 1. The van der Waals surface area contributed by atoms with Gasteiger partial charge in [-0.2, -0.15) is 5.21 Å². The molecule has 0 aliphatic carbocycles. The molecule has 21 heavy (non-hydrogen) atoms. The number of aromatic amines is 1.